The molecule has 2 aromatic carbocycles. The highest BCUT2D eigenvalue weighted by Crippen LogP contribution is 2.35. The first kappa shape index (κ1) is 21.3. The first-order valence-electron chi connectivity index (χ1n) is 10.3. The third-order valence-electron chi connectivity index (χ3n) is 5.38. The molecule has 8 heteroatoms. The van der Waals surface area contributed by atoms with E-state index in [1.54, 1.807) is 36.4 Å². The van der Waals surface area contributed by atoms with Crippen LogP contribution in [0.25, 0.3) is 0 Å². The Morgan fingerprint density at radius 3 is 2.22 bits per heavy atom. The third kappa shape index (κ3) is 4.69. The Labute approximate surface area is 184 Å². The minimum atomic E-state index is -0.817. The number of para-hydroxylation sites is 3. The Morgan fingerprint density at radius 2 is 1.53 bits per heavy atom. The van der Waals surface area contributed by atoms with E-state index in [0.29, 0.717) is 30.0 Å². The zero-order chi connectivity index (χ0) is 22.5. The molecule has 1 fully saturated rings. The van der Waals surface area contributed by atoms with Crippen molar-refractivity contribution in [2.45, 2.75) is 12.8 Å². The first-order chi connectivity index (χ1) is 15.5. The SMILES string of the molecule is O=C(COC(=O)CN1C(=O)C2CC=CCC2C1=O)Nc1ccccc1Oc1ccccc1. The number of carbonyl (C=O) groups excluding carboxylic acids is 4. The van der Waals surface area contributed by atoms with E-state index in [0.717, 1.165) is 4.90 Å². The fourth-order valence-corrected chi connectivity index (χ4v) is 3.81. The van der Waals surface area contributed by atoms with Gasteiger partial charge < -0.3 is 14.8 Å². The molecule has 8 nitrogen and oxygen atoms in total. The number of imide groups is 1. The second kappa shape index (κ2) is 9.47. The van der Waals surface area contributed by atoms with Crippen LogP contribution >= 0.6 is 0 Å². The number of fused-ring (bicyclic) bond motifs is 1. The van der Waals surface area contributed by atoms with E-state index in [2.05, 4.69) is 5.32 Å². The Bertz CT molecular complexity index is 1040. The summed E-state index contributed by atoms with van der Waals surface area (Å²) < 4.78 is 10.8. The summed E-state index contributed by atoms with van der Waals surface area (Å²) in [5.74, 6) is -1.90. The van der Waals surface area contributed by atoms with Gasteiger partial charge in [0.1, 0.15) is 12.3 Å². The summed E-state index contributed by atoms with van der Waals surface area (Å²) in [6.45, 7) is -1.05. The van der Waals surface area contributed by atoms with Crippen molar-refractivity contribution in [2.75, 3.05) is 18.5 Å². The van der Waals surface area contributed by atoms with E-state index in [1.165, 1.54) is 0 Å². The summed E-state index contributed by atoms with van der Waals surface area (Å²) in [5.41, 5.74) is 0.416. The van der Waals surface area contributed by atoms with Crippen molar-refractivity contribution in [1.29, 1.82) is 0 Å². The summed E-state index contributed by atoms with van der Waals surface area (Å²) in [7, 11) is 0. The van der Waals surface area contributed by atoms with Gasteiger partial charge in [-0.25, -0.2) is 0 Å². The number of nitrogens with zero attached hydrogens (tertiary/aromatic N) is 1. The van der Waals surface area contributed by atoms with Crippen LogP contribution in [-0.2, 0) is 23.9 Å². The Hall–Kier alpha value is -3.94. The topological polar surface area (TPSA) is 102 Å². The average molecular weight is 434 g/mol. The van der Waals surface area contributed by atoms with Crippen molar-refractivity contribution >= 4 is 29.4 Å². The molecule has 2 aliphatic rings. The molecule has 4 rings (SSSR count). The molecule has 1 aliphatic carbocycles. The van der Waals surface area contributed by atoms with Gasteiger partial charge >= 0.3 is 5.97 Å². The molecule has 2 unspecified atom stereocenters. The van der Waals surface area contributed by atoms with Gasteiger partial charge in [-0.15, -0.1) is 0 Å². The Kier molecular flexibility index (Phi) is 6.30. The summed E-state index contributed by atoms with van der Waals surface area (Å²) in [4.78, 5) is 50.2. The van der Waals surface area contributed by atoms with Gasteiger partial charge in [-0.2, -0.15) is 0 Å². The molecule has 2 atom stereocenters. The molecule has 0 aromatic heterocycles. The van der Waals surface area contributed by atoms with Crippen molar-refractivity contribution in [1.82, 2.24) is 4.90 Å². The van der Waals surface area contributed by atoms with Gasteiger partial charge in [-0.1, -0.05) is 42.5 Å². The van der Waals surface area contributed by atoms with Gasteiger partial charge in [0, 0.05) is 0 Å². The summed E-state index contributed by atoms with van der Waals surface area (Å²) >= 11 is 0. The van der Waals surface area contributed by atoms with Crippen molar-refractivity contribution in [3.8, 4) is 11.5 Å². The van der Waals surface area contributed by atoms with Gasteiger partial charge in [0.05, 0.1) is 17.5 Å². The lowest BCUT2D eigenvalue weighted by Gasteiger charge is -2.14. The lowest BCUT2D eigenvalue weighted by Crippen LogP contribution is -2.37. The number of likely N-dealkylation sites (tertiary alicyclic amines) is 1. The van der Waals surface area contributed by atoms with Crippen molar-refractivity contribution < 1.29 is 28.7 Å². The lowest BCUT2D eigenvalue weighted by atomic mass is 9.85. The molecule has 2 aromatic rings. The second-order valence-corrected chi connectivity index (χ2v) is 7.54. The number of carbonyl (C=O) groups is 4. The van der Waals surface area contributed by atoms with Gasteiger partial charge in [-0.3, -0.25) is 24.1 Å². The quantitative estimate of drug-likeness (QED) is 0.408. The largest absolute Gasteiger partial charge is 0.455 e. The van der Waals surface area contributed by atoms with E-state index in [-0.39, 0.29) is 11.8 Å². The maximum Gasteiger partial charge on any atom is 0.326 e. The molecule has 164 valence electrons. The normalized spacial score (nSPS) is 19.4. The molecule has 0 saturated carbocycles. The van der Waals surface area contributed by atoms with E-state index < -0.39 is 36.9 Å². The maximum absolute atomic E-state index is 12.4. The van der Waals surface area contributed by atoms with Crippen LogP contribution in [0, 0.1) is 11.8 Å². The number of rotatable bonds is 7. The number of hydrogen-bond acceptors (Lipinski definition) is 6. The molecule has 0 bridgehead atoms. The number of nitrogens with one attached hydrogen (secondary N) is 1. The first-order valence-corrected chi connectivity index (χ1v) is 10.3. The van der Waals surface area contributed by atoms with Gasteiger partial charge in [0.25, 0.3) is 5.91 Å². The predicted octanol–water partition coefficient (Wildman–Crippen LogP) is 2.91. The summed E-state index contributed by atoms with van der Waals surface area (Å²) in [6.07, 6.45) is 4.73. The van der Waals surface area contributed by atoms with Crippen LogP contribution in [0.4, 0.5) is 5.69 Å². The summed E-state index contributed by atoms with van der Waals surface area (Å²) in [6, 6.07) is 16.0. The highest BCUT2D eigenvalue weighted by Gasteiger charge is 2.47. The van der Waals surface area contributed by atoms with E-state index in [4.69, 9.17) is 9.47 Å². The van der Waals surface area contributed by atoms with Crippen LogP contribution in [0.5, 0.6) is 11.5 Å². The zero-order valence-corrected chi connectivity index (χ0v) is 17.2. The number of esters is 1. The predicted molar refractivity (Wildman–Crippen MR) is 115 cm³/mol. The second-order valence-electron chi connectivity index (χ2n) is 7.54. The highest BCUT2D eigenvalue weighted by molar-refractivity contribution is 6.07. The average Bonchev–Trinajstić information content (AvgIpc) is 3.05. The molecule has 1 saturated heterocycles. The van der Waals surface area contributed by atoms with Crippen LogP contribution in [0.1, 0.15) is 12.8 Å². The minimum absolute atomic E-state index is 0.363. The molecular formula is C24H22N2O6. The molecular weight excluding hydrogens is 412 g/mol. The minimum Gasteiger partial charge on any atom is -0.455 e. The van der Waals surface area contributed by atoms with E-state index in [1.807, 2.05) is 30.4 Å². The fourth-order valence-electron chi connectivity index (χ4n) is 3.81. The maximum atomic E-state index is 12.4. The van der Waals surface area contributed by atoms with Crippen molar-refractivity contribution in [3.63, 3.8) is 0 Å². The van der Waals surface area contributed by atoms with Gasteiger partial charge in [0.15, 0.2) is 12.4 Å². The van der Waals surface area contributed by atoms with Crippen molar-refractivity contribution in [2.24, 2.45) is 11.8 Å². The van der Waals surface area contributed by atoms with Crippen LogP contribution < -0.4 is 10.1 Å². The van der Waals surface area contributed by atoms with Gasteiger partial charge in [-0.05, 0) is 37.1 Å². The zero-order valence-electron chi connectivity index (χ0n) is 17.2. The molecule has 32 heavy (non-hydrogen) atoms. The number of benzene rings is 2. The number of anilines is 1. The smallest absolute Gasteiger partial charge is 0.326 e. The molecule has 0 radical (unpaired) electrons. The van der Waals surface area contributed by atoms with Gasteiger partial charge in [0.2, 0.25) is 11.8 Å². The van der Waals surface area contributed by atoms with E-state index in [9.17, 15) is 19.2 Å². The molecule has 1 aliphatic heterocycles. The fraction of sp³-hybridized carbons (Fsp3) is 0.250. The lowest BCUT2D eigenvalue weighted by molar-refractivity contribution is -0.154. The molecule has 1 heterocycles. The number of hydrogen-bond donors (Lipinski definition) is 1. The standard InChI is InChI=1S/C24H22N2O6/c27-21(25-19-12-6-7-13-20(19)32-16-8-2-1-3-9-16)15-31-22(28)14-26-23(29)17-10-4-5-11-18(17)24(26)30/h1-9,12-13,17-18H,10-11,14-15H2,(H,25,27). The van der Waals surface area contributed by atoms with E-state index >= 15 is 0 Å². The molecule has 1 N–H and O–H groups in total. The summed E-state index contributed by atoms with van der Waals surface area (Å²) in [5, 5.41) is 2.64. The molecule has 3 amide bonds. The van der Waals surface area contributed by atoms with Crippen LogP contribution in [0.2, 0.25) is 0 Å². The number of amides is 3. The Balaban J connectivity index is 1.30. The highest BCUT2D eigenvalue weighted by atomic mass is 16.5. The van der Waals surface area contributed by atoms with Crippen LogP contribution in [0.15, 0.2) is 66.7 Å². The third-order valence-corrected chi connectivity index (χ3v) is 5.38. The number of allylic oxidation sites excluding steroid dienone is 2. The Morgan fingerprint density at radius 1 is 0.906 bits per heavy atom. The van der Waals surface area contributed by atoms with Crippen LogP contribution in [-0.4, -0.2) is 41.7 Å². The van der Waals surface area contributed by atoms with Crippen molar-refractivity contribution in [3.05, 3.63) is 66.7 Å². The number of ether oxygens (including phenoxy) is 2. The molecule has 0 spiro atoms. The van der Waals surface area contributed by atoms with Crippen LogP contribution in [0.3, 0.4) is 0 Å². The monoisotopic (exact) mass is 434 g/mol.